The number of nitrogens with zero attached hydrogens (tertiary/aromatic N) is 1. The highest BCUT2D eigenvalue weighted by atomic mass is 32.2. The number of carbonyl (C=O) groups is 1. The van der Waals surface area contributed by atoms with Gasteiger partial charge in [0.15, 0.2) is 5.13 Å². The number of nitrogens with one attached hydrogen (secondary N) is 2. The van der Waals surface area contributed by atoms with Gasteiger partial charge in [-0.2, -0.15) is 0 Å². The van der Waals surface area contributed by atoms with E-state index in [0.717, 1.165) is 10.3 Å². The van der Waals surface area contributed by atoms with E-state index in [4.69, 9.17) is 0 Å². The number of amides is 1. The van der Waals surface area contributed by atoms with Gasteiger partial charge in [0.2, 0.25) is 5.91 Å². The fraction of sp³-hybridized carbons (Fsp3) is 0.222. The fourth-order valence-electron chi connectivity index (χ4n) is 2.46. The SMILES string of the molecule is CC(=O)Nc1ccc2nc(NS(=O)(=O)c3ccc(C(C)C)cc3)sc2c1. The molecule has 3 aromatic rings. The number of carbonyl (C=O) groups excluding carboxylic acids is 1. The van der Waals surface area contributed by atoms with E-state index in [1.165, 1.54) is 18.3 Å². The third-order valence-corrected chi connectivity index (χ3v) is 6.21. The van der Waals surface area contributed by atoms with E-state index in [0.29, 0.717) is 17.1 Å². The van der Waals surface area contributed by atoms with Crippen molar-refractivity contribution in [3.63, 3.8) is 0 Å². The van der Waals surface area contributed by atoms with Gasteiger partial charge in [0.1, 0.15) is 0 Å². The summed E-state index contributed by atoms with van der Waals surface area (Å²) >= 11 is 1.22. The number of benzene rings is 2. The second-order valence-electron chi connectivity index (χ2n) is 6.21. The van der Waals surface area contributed by atoms with Crippen LogP contribution in [-0.4, -0.2) is 19.3 Å². The molecule has 0 spiro atoms. The van der Waals surface area contributed by atoms with E-state index >= 15 is 0 Å². The number of aromatic nitrogens is 1. The lowest BCUT2D eigenvalue weighted by Crippen LogP contribution is -2.12. The van der Waals surface area contributed by atoms with Crippen molar-refractivity contribution < 1.29 is 13.2 Å². The van der Waals surface area contributed by atoms with E-state index in [2.05, 4.69) is 28.9 Å². The number of hydrogen-bond acceptors (Lipinski definition) is 5. The van der Waals surface area contributed by atoms with Crippen molar-refractivity contribution in [2.45, 2.75) is 31.6 Å². The minimum atomic E-state index is -3.70. The molecule has 1 aromatic heterocycles. The number of hydrogen-bond donors (Lipinski definition) is 2. The molecule has 0 saturated heterocycles. The molecule has 3 rings (SSSR count). The highest BCUT2D eigenvalue weighted by Gasteiger charge is 2.17. The lowest BCUT2D eigenvalue weighted by Gasteiger charge is -2.08. The third-order valence-electron chi connectivity index (χ3n) is 3.79. The topological polar surface area (TPSA) is 88.2 Å². The van der Waals surface area contributed by atoms with Crippen molar-refractivity contribution in [3.05, 3.63) is 48.0 Å². The number of sulfonamides is 1. The Morgan fingerprint density at radius 1 is 1.12 bits per heavy atom. The summed E-state index contributed by atoms with van der Waals surface area (Å²) in [7, 11) is -3.70. The quantitative estimate of drug-likeness (QED) is 0.685. The molecule has 0 unspecified atom stereocenters. The molecule has 0 radical (unpaired) electrons. The average Bonchev–Trinajstić information content (AvgIpc) is 2.95. The van der Waals surface area contributed by atoms with Crippen molar-refractivity contribution >= 4 is 48.3 Å². The molecule has 0 atom stereocenters. The lowest BCUT2D eigenvalue weighted by atomic mass is 10.0. The molecule has 1 amide bonds. The molecule has 0 bridgehead atoms. The Hall–Kier alpha value is -2.45. The number of rotatable bonds is 5. The van der Waals surface area contributed by atoms with E-state index in [1.807, 2.05) is 12.1 Å². The standard InChI is InChI=1S/C18H19N3O3S2/c1-11(2)13-4-7-15(8-5-13)26(23,24)21-18-20-16-9-6-14(19-12(3)22)10-17(16)25-18/h4-11H,1-3H3,(H,19,22)(H,20,21). The van der Waals surface area contributed by atoms with Crippen LogP contribution in [0.3, 0.4) is 0 Å². The predicted molar refractivity (Wildman–Crippen MR) is 105 cm³/mol. The Bertz CT molecular complexity index is 1050. The van der Waals surface area contributed by atoms with Crippen LogP contribution in [0, 0.1) is 0 Å². The molecule has 26 heavy (non-hydrogen) atoms. The van der Waals surface area contributed by atoms with Gasteiger partial charge >= 0.3 is 0 Å². The number of fused-ring (bicyclic) bond motifs is 1. The second kappa shape index (κ2) is 7.05. The highest BCUT2D eigenvalue weighted by Crippen LogP contribution is 2.30. The molecule has 2 aromatic carbocycles. The first-order valence-electron chi connectivity index (χ1n) is 8.05. The van der Waals surface area contributed by atoms with Crippen molar-refractivity contribution in [3.8, 4) is 0 Å². The van der Waals surface area contributed by atoms with Crippen LogP contribution in [0.2, 0.25) is 0 Å². The minimum absolute atomic E-state index is 0.167. The van der Waals surface area contributed by atoms with Gasteiger partial charge in [0, 0.05) is 12.6 Å². The maximum atomic E-state index is 12.6. The third kappa shape index (κ3) is 4.03. The molecule has 6 nitrogen and oxygen atoms in total. The normalized spacial score (nSPS) is 11.7. The lowest BCUT2D eigenvalue weighted by molar-refractivity contribution is -0.114. The van der Waals surface area contributed by atoms with Crippen LogP contribution in [0.1, 0.15) is 32.3 Å². The van der Waals surface area contributed by atoms with Gasteiger partial charge < -0.3 is 5.32 Å². The van der Waals surface area contributed by atoms with Gasteiger partial charge in [-0.1, -0.05) is 37.3 Å². The van der Waals surface area contributed by atoms with Gasteiger partial charge in [-0.3, -0.25) is 9.52 Å². The molecule has 1 heterocycles. The van der Waals surface area contributed by atoms with Gasteiger partial charge in [0.05, 0.1) is 15.1 Å². The van der Waals surface area contributed by atoms with Gasteiger partial charge in [-0.15, -0.1) is 0 Å². The van der Waals surface area contributed by atoms with Crippen molar-refractivity contribution in [2.24, 2.45) is 0 Å². The Morgan fingerprint density at radius 2 is 1.81 bits per heavy atom. The molecule has 0 fully saturated rings. The van der Waals surface area contributed by atoms with E-state index in [1.54, 1.807) is 30.3 Å². The van der Waals surface area contributed by atoms with Crippen LogP contribution >= 0.6 is 11.3 Å². The van der Waals surface area contributed by atoms with Crippen LogP contribution in [0.15, 0.2) is 47.4 Å². The zero-order valence-electron chi connectivity index (χ0n) is 14.6. The summed E-state index contributed by atoms with van der Waals surface area (Å²) in [6.07, 6.45) is 0. The second-order valence-corrected chi connectivity index (χ2v) is 8.92. The maximum Gasteiger partial charge on any atom is 0.263 e. The zero-order valence-corrected chi connectivity index (χ0v) is 16.2. The average molecular weight is 390 g/mol. The van der Waals surface area contributed by atoms with Crippen LogP contribution < -0.4 is 10.0 Å². The fourth-order valence-corrected chi connectivity index (χ4v) is 4.60. The van der Waals surface area contributed by atoms with Crippen LogP contribution in [0.25, 0.3) is 10.2 Å². The van der Waals surface area contributed by atoms with E-state index in [9.17, 15) is 13.2 Å². The van der Waals surface area contributed by atoms with Crippen molar-refractivity contribution in [1.82, 2.24) is 4.98 Å². The summed E-state index contributed by atoms with van der Waals surface area (Å²) in [5.41, 5.74) is 2.39. The van der Waals surface area contributed by atoms with Crippen LogP contribution in [0.5, 0.6) is 0 Å². The molecule has 0 aliphatic rings. The molecule has 2 N–H and O–H groups in total. The molecule has 0 aliphatic carbocycles. The Kier molecular flexibility index (Phi) is 4.97. The summed E-state index contributed by atoms with van der Waals surface area (Å²) < 4.78 is 28.4. The summed E-state index contributed by atoms with van der Waals surface area (Å²) in [4.78, 5) is 15.6. The highest BCUT2D eigenvalue weighted by molar-refractivity contribution is 7.93. The molecule has 0 saturated carbocycles. The summed E-state index contributed by atoms with van der Waals surface area (Å²) in [6.45, 7) is 5.54. The first-order valence-corrected chi connectivity index (χ1v) is 10.4. The number of anilines is 2. The smallest absolute Gasteiger partial charge is 0.263 e. The molecule has 0 aliphatic heterocycles. The Labute approximate surface area is 156 Å². The van der Waals surface area contributed by atoms with Crippen LogP contribution in [0.4, 0.5) is 10.8 Å². The first-order chi connectivity index (χ1) is 12.2. The van der Waals surface area contributed by atoms with Gasteiger partial charge in [-0.05, 0) is 41.8 Å². The van der Waals surface area contributed by atoms with Gasteiger partial charge in [-0.25, -0.2) is 13.4 Å². The minimum Gasteiger partial charge on any atom is -0.326 e. The van der Waals surface area contributed by atoms with E-state index < -0.39 is 10.0 Å². The Morgan fingerprint density at radius 3 is 2.42 bits per heavy atom. The molecular weight excluding hydrogens is 370 g/mol. The predicted octanol–water partition coefficient (Wildman–Crippen LogP) is 4.18. The van der Waals surface area contributed by atoms with Crippen molar-refractivity contribution in [1.29, 1.82) is 0 Å². The number of thiazole rings is 1. The summed E-state index contributed by atoms with van der Waals surface area (Å²) in [6, 6.07) is 12.1. The van der Waals surface area contributed by atoms with E-state index in [-0.39, 0.29) is 15.9 Å². The molecular formula is C18H19N3O3S2. The van der Waals surface area contributed by atoms with Gasteiger partial charge in [0.25, 0.3) is 10.0 Å². The largest absolute Gasteiger partial charge is 0.326 e. The first kappa shape index (κ1) is 18.3. The zero-order chi connectivity index (χ0) is 18.9. The maximum absolute atomic E-state index is 12.6. The molecule has 8 heteroatoms. The van der Waals surface area contributed by atoms with Crippen LogP contribution in [-0.2, 0) is 14.8 Å². The van der Waals surface area contributed by atoms with Crippen molar-refractivity contribution in [2.75, 3.05) is 10.0 Å². The Balaban J connectivity index is 1.85. The molecule has 136 valence electrons. The summed E-state index contributed by atoms with van der Waals surface area (Å²) in [5.74, 6) is 0.168. The monoisotopic (exact) mass is 389 g/mol. The summed E-state index contributed by atoms with van der Waals surface area (Å²) in [5, 5.41) is 2.98.